The van der Waals surface area contributed by atoms with Crippen LogP contribution in [0.2, 0.25) is 0 Å². The summed E-state index contributed by atoms with van der Waals surface area (Å²) in [5.74, 6) is 1.14. The summed E-state index contributed by atoms with van der Waals surface area (Å²) in [7, 11) is 1.82. The molecule has 1 saturated heterocycles. The van der Waals surface area contributed by atoms with Gasteiger partial charge in [0.05, 0.1) is 11.8 Å². The second kappa shape index (κ2) is 11.7. The first-order valence-electron chi connectivity index (χ1n) is 13.9. The van der Waals surface area contributed by atoms with Crippen molar-refractivity contribution in [2.75, 3.05) is 24.6 Å². The number of rotatable bonds is 7. The quantitative estimate of drug-likeness (QED) is 0.239. The number of nitrogen functional groups attached to an aromatic ring is 2. The Bertz CT molecular complexity index is 1780. The van der Waals surface area contributed by atoms with Crippen molar-refractivity contribution in [2.45, 2.75) is 12.5 Å². The number of hydrogen-bond donors (Lipinski definition) is 3. The zero-order valence-corrected chi connectivity index (χ0v) is 23.6. The van der Waals surface area contributed by atoms with E-state index in [1.807, 2.05) is 80.0 Å². The lowest BCUT2D eigenvalue weighted by atomic mass is 10.0. The number of nitrogens with two attached hydrogens (primary N) is 2. The van der Waals surface area contributed by atoms with E-state index in [0.717, 1.165) is 22.3 Å². The topological polar surface area (TPSA) is 141 Å². The molecule has 10 nitrogen and oxygen atoms in total. The average molecular weight is 574 g/mol. The number of aromatic nitrogens is 3. The van der Waals surface area contributed by atoms with Crippen molar-refractivity contribution in [1.29, 1.82) is 0 Å². The second-order valence-corrected chi connectivity index (χ2v) is 10.5. The van der Waals surface area contributed by atoms with Crippen LogP contribution >= 0.6 is 0 Å². The minimum Gasteiger partial charge on any atom is -0.457 e. The summed E-state index contributed by atoms with van der Waals surface area (Å²) >= 11 is 0. The largest absolute Gasteiger partial charge is 0.457 e. The minimum absolute atomic E-state index is 0.0751. The summed E-state index contributed by atoms with van der Waals surface area (Å²) in [6, 6.07) is 24.1. The molecule has 0 bridgehead atoms. The molecule has 0 aliphatic carbocycles. The molecule has 1 atom stereocenters. The number of anilines is 2. The van der Waals surface area contributed by atoms with E-state index >= 15 is 0 Å². The molecule has 3 aromatic carbocycles. The smallest absolute Gasteiger partial charge is 0.255 e. The van der Waals surface area contributed by atoms with E-state index in [0.29, 0.717) is 47.8 Å². The molecule has 0 unspecified atom stereocenters. The Labute approximate surface area is 248 Å². The van der Waals surface area contributed by atoms with Crippen LogP contribution < -0.4 is 21.5 Å². The van der Waals surface area contributed by atoms with Crippen molar-refractivity contribution < 1.29 is 14.3 Å². The average Bonchev–Trinajstić information content (AvgIpc) is 3.66. The van der Waals surface area contributed by atoms with Crippen molar-refractivity contribution in [3.8, 4) is 33.8 Å². The van der Waals surface area contributed by atoms with Crippen molar-refractivity contribution in [2.24, 2.45) is 7.05 Å². The fourth-order valence-corrected chi connectivity index (χ4v) is 5.13. The summed E-state index contributed by atoms with van der Waals surface area (Å²) < 4.78 is 7.56. The highest BCUT2D eigenvalue weighted by atomic mass is 16.5. The molecule has 1 aliphatic rings. The van der Waals surface area contributed by atoms with E-state index in [1.54, 1.807) is 34.1 Å². The van der Waals surface area contributed by atoms with E-state index < -0.39 is 0 Å². The third-order valence-electron chi connectivity index (χ3n) is 7.43. The molecule has 2 aromatic heterocycles. The molecule has 5 aromatic rings. The Hall–Kier alpha value is -5.64. The summed E-state index contributed by atoms with van der Waals surface area (Å²) in [6.07, 6.45) is 5.82. The summed E-state index contributed by atoms with van der Waals surface area (Å²) in [4.78, 5) is 32.3. The lowest BCUT2D eigenvalue weighted by molar-refractivity contribution is 0.0783. The fraction of sp³-hybridized carbons (Fsp3) is 0.152. The number of pyridine rings is 1. The van der Waals surface area contributed by atoms with Gasteiger partial charge in [-0.3, -0.25) is 14.3 Å². The van der Waals surface area contributed by atoms with Crippen LogP contribution in [0.1, 0.15) is 27.1 Å². The molecule has 0 spiro atoms. The Kier molecular flexibility index (Phi) is 7.48. The Morgan fingerprint density at radius 3 is 2.33 bits per heavy atom. The molecule has 216 valence electrons. The van der Waals surface area contributed by atoms with Crippen LogP contribution in [0.25, 0.3) is 22.3 Å². The highest BCUT2D eigenvalue weighted by Crippen LogP contribution is 2.28. The molecule has 0 radical (unpaired) electrons. The number of carbonyl (C=O) groups is 2. The zero-order valence-electron chi connectivity index (χ0n) is 23.6. The number of ether oxygens (including phenoxy) is 1. The van der Waals surface area contributed by atoms with Crippen LogP contribution in [-0.2, 0) is 7.05 Å². The first-order valence-corrected chi connectivity index (χ1v) is 13.9. The predicted molar refractivity (Wildman–Crippen MR) is 165 cm³/mol. The maximum absolute atomic E-state index is 13.2. The lowest BCUT2D eigenvalue weighted by Gasteiger charge is -2.18. The molecule has 1 aliphatic heterocycles. The molecule has 43 heavy (non-hydrogen) atoms. The van der Waals surface area contributed by atoms with E-state index in [1.165, 1.54) is 0 Å². The van der Waals surface area contributed by atoms with Crippen LogP contribution in [0.5, 0.6) is 11.5 Å². The third kappa shape index (κ3) is 6.18. The van der Waals surface area contributed by atoms with Crippen molar-refractivity contribution in [3.63, 3.8) is 0 Å². The van der Waals surface area contributed by atoms with Crippen LogP contribution in [0.15, 0.2) is 97.5 Å². The van der Waals surface area contributed by atoms with Crippen LogP contribution in [0.3, 0.4) is 0 Å². The Balaban J connectivity index is 1.06. The standard InChI is InChI=1S/C33H31N7O3/c1-39-19-25(18-37-39)24-15-30(31(35)36-17-24)32(41)38-27-13-14-40(20-27)33(42)23-7-5-21(6-8-23)22-9-11-28(12-10-22)43-29-4-2-3-26(34)16-29/h2-12,15-19,27H,13-14,20,34H2,1H3,(H2,35,36)(H,38,41)/t27-/m1/s1. The highest BCUT2D eigenvalue weighted by molar-refractivity contribution is 6.00. The Morgan fingerprint density at radius 1 is 0.884 bits per heavy atom. The van der Waals surface area contributed by atoms with Gasteiger partial charge in [0.2, 0.25) is 0 Å². The number of aryl methyl sites for hydroxylation is 1. The number of nitrogens with zero attached hydrogens (tertiary/aromatic N) is 4. The molecule has 3 heterocycles. The number of benzene rings is 3. The minimum atomic E-state index is -0.316. The zero-order chi connectivity index (χ0) is 29.9. The number of likely N-dealkylation sites (tertiary alicyclic amines) is 1. The molecule has 2 amide bonds. The molecule has 6 rings (SSSR count). The number of hydrogen-bond acceptors (Lipinski definition) is 7. The third-order valence-corrected chi connectivity index (χ3v) is 7.43. The molecule has 0 saturated carbocycles. The number of nitrogens with one attached hydrogen (secondary N) is 1. The highest BCUT2D eigenvalue weighted by Gasteiger charge is 2.29. The maximum Gasteiger partial charge on any atom is 0.255 e. The molecular weight excluding hydrogens is 542 g/mol. The van der Waals surface area contributed by atoms with Gasteiger partial charge in [0.15, 0.2) is 0 Å². The second-order valence-electron chi connectivity index (χ2n) is 10.5. The first-order chi connectivity index (χ1) is 20.8. The van der Waals surface area contributed by atoms with Gasteiger partial charge in [0.1, 0.15) is 17.3 Å². The summed E-state index contributed by atoms with van der Waals surface area (Å²) in [6.45, 7) is 0.958. The van der Waals surface area contributed by atoms with Crippen LogP contribution in [0.4, 0.5) is 11.5 Å². The Morgan fingerprint density at radius 2 is 1.63 bits per heavy atom. The van der Waals surface area contributed by atoms with Gasteiger partial charge in [-0.15, -0.1) is 0 Å². The van der Waals surface area contributed by atoms with Gasteiger partial charge in [-0.25, -0.2) is 4.98 Å². The summed E-state index contributed by atoms with van der Waals surface area (Å²) in [5, 5.41) is 7.19. The fourth-order valence-electron chi connectivity index (χ4n) is 5.13. The van der Waals surface area contributed by atoms with Gasteiger partial charge >= 0.3 is 0 Å². The monoisotopic (exact) mass is 573 g/mol. The van der Waals surface area contributed by atoms with E-state index in [2.05, 4.69) is 15.4 Å². The summed E-state index contributed by atoms with van der Waals surface area (Å²) in [5.41, 5.74) is 17.0. The lowest BCUT2D eigenvalue weighted by Crippen LogP contribution is -2.38. The van der Waals surface area contributed by atoms with Crippen molar-refractivity contribution in [1.82, 2.24) is 25.0 Å². The predicted octanol–water partition coefficient (Wildman–Crippen LogP) is 4.75. The number of amides is 2. The molecule has 10 heteroatoms. The number of carbonyl (C=O) groups excluding carboxylic acids is 2. The SMILES string of the molecule is Cn1cc(-c2cnc(N)c(C(=O)N[C@@H]3CCN(C(=O)c4ccc(-c5ccc(Oc6cccc(N)c6)cc5)cc4)C3)c2)cn1. The normalized spacial score (nSPS) is 14.4. The van der Waals surface area contributed by atoms with Gasteiger partial charge in [0, 0.05) is 67.0 Å². The van der Waals surface area contributed by atoms with Gasteiger partial charge in [-0.05, 0) is 60.0 Å². The van der Waals surface area contributed by atoms with Gasteiger partial charge in [-0.2, -0.15) is 5.10 Å². The van der Waals surface area contributed by atoms with Gasteiger partial charge in [-0.1, -0.05) is 30.3 Å². The van der Waals surface area contributed by atoms with E-state index in [9.17, 15) is 9.59 Å². The molecular formula is C33H31N7O3. The van der Waals surface area contributed by atoms with Crippen LogP contribution in [0, 0.1) is 0 Å². The van der Waals surface area contributed by atoms with Crippen LogP contribution in [-0.4, -0.2) is 50.6 Å². The maximum atomic E-state index is 13.2. The first kappa shape index (κ1) is 27.5. The van der Waals surface area contributed by atoms with Crippen molar-refractivity contribution >= 4 is 23.3 Å². The molecule has 5 N–H and O–H groups in total. The van der Waals surface area contributed by atoms with E-state index in [4.69, 9.17) is 16.2 Å². The van der Waals surface area contributed by atoms with E-state index in [-0.39, 0.29) is 23.7 Å². The van der Waals surface area contributed by atoms with Crippen molar-refractivity contribution in [3.05, 3.63) is 109 Å². The molecule has 1 fully saturated rings. The van der Waals surface area contributed by atoms with Gasteiger partial charge in [0.25, 0.3) is 11.8 Å². The van der Waals surface area contributed by atoms with Gasteiger partial charge < -0.3 is 26.4 Å².